The fourth-order valence-corrected chi connectivity index (χ4v) is 3.23. The molecule has 4 nitrogen and oxygen atoms in total. The van der Waals surface area contributed by atoms with Gasteiger partial charge >= 0.3 is 30.8 Å². The van der Waals surface area contributed by atoms with Crippen LogP contribution < -0.4 is 18.9 Å². The van der Waals surface area contributed by atoms with Crippen LogP contribution in [-0.4, -0.2) is 22.2 Å². The van der Waals surface area contributed by atoms with Gasteiger partial charge in [-0.2, -0.15) is 0 Å². The SMILES string of the molecule is CC(C)(C)C(C(=O)O)(C(=O)O)C1CCCCC1.[H-].[Li+]. The van der Waals surface area contributed by atoms with Crippen molar-refractivity contribution in [2.45, 2.75) is 52.9 Å². The molecule has 2 N–H and O–H groups in total. The van der Waals surface area contributed by atoms with Crippen molar-refractivity contribution in [1.82, 2.24) is 0 Å². The quantitative estimate of drug-likeness (QED) is 0.541. The molecule has 18 heavy (non-hydrogen) atoms. The first-order chi connectivity index (χ1) is 7.74. The summed E-state index contributed by atoms with van der Waals surface area (Å²) in [7, 11) is 0. The molecule has 0 heterocycles. The zero-order chi connectivity index (χ0) is 13.3. The molecule has 0 aromatic heterocycles. The zero-order valence-electron chi connectivity index (χ0n) is 12.8. The maximum absolute atomic E-state index is 11.6. The molecule has 1 rings (SSSR count). The van der Waals surface area contributed by atoms with Crippen LogP contribution in [0.5, 0.6) is 0 Å². The number of rotatable bonds is 3. The van der Waals surface area contributed by atoms with Gasteiger partial charge in [0.05, 0.1) is 0 Å². The fraction of sp³-hybridized carbons (Fsp3) is 0.846. The minimum atomic E-state index is -1.66. The Hall–Kier alpha value is -0.463. The van der Waals surface area contributed by atoms with Gasteiger partial charge in [0.25, 0.3) is 0 Å². The normalized spacial score (nSPS) is 17.9. The molecule has 0 saturated heterocycles. The Morgan fingerprint density at radius 1 is 1.00 bits per heavy atom. The van der Waals surface area contributed by atoms with Crippen molar-refractivity contribution < 1.29 is 40.1 Å². The summed E-state index contributed by atoms with van der Waals surface area (Å²) < 4.78 is 0. The minimum absolute atomic E-state index is 0. The largest absolute Gasteiger partial charge is 1.00 e. The first-order valence-electron chi connectivity index (χ1n) is 6.21. The van der Waals surface area contributed by atoms with Crippen molar-refractivity contribution in [3.8, 4) is 0 Å². The van der Waals surface area contributed by atoms with Crippen LogP contribution in [0.2, 0.25) is 0 Å². The molecule has 0 bridgehead atoms. The third-order valence-corrected chi connectivity index (χ3v) is 4.08. The number of carboxylic acid groups (broad SMARTS) is 2. The van der Waals surface area contributed by atoms with Gasteiger partial charge in [-0.1, -0.05) is 40.0 Å². The molecule has 5 heteroatoms. The van der Waals surface area contributed by atoms with Gasteiger partial charge in [0.2, 0.25) is 0 Å². The standard InChI is InChI=1S/C13H22O4.Li.H/c1-12(2,3)13(10(14)15,11(16)17)9-7-5-4-6-8-9;;/h9H,4-8H2,1-3H3,(H,14,15)(H,16,17);;/q;+1;-1. The van der Waals surface area contributed by atoms with E-state index >= 15 is 0 Å². The topological polar surface area (TPSA) is 74.6 Å². The number of carboxylic acids is 2. The van der Waals surface area contributed by atoms with Crippen LogP contribution in [-0.2, 0) is 9.59 Å². The third kappa shape index (κ3) is 2.75. The van der Waals surface area contributed by atoms with Gasteiger partial charge in [-0.05, 0) is 24.2 Å². The number of hydrogen-bond donors (Lipinski definition) is 2. The van der Waals surface area contributed by atoms with E-state index in [1.54, 1.807) is 20.8 Å². The third-order valence-electron chi connectivity index (χ3n) is 4.08. The van der Waals surface area contributed by atoms with Crippen molar-refractivity contribution in [1.29, 1.82) is 0 Å². The summed E-state index contributed by atoms with van der Waals surface area (Å²) in [5.41, 5.74) is -2.44. The van der Waals surface area contributed by atoms with Crippen molar-refractivity contribution >= 4 is 11.9 Å². The van der Waals surface area contributed by atoms with Crippen molar-refractivity contribution in [3.05, 3.63) is 0 Å². The van der Waals surface area contributed by atoms with E-state index in [1.165, 1.54) is 0 Å². The maximum atomic E-state index is 11.6. The van der Waals surface area contributed by atoms with Crippen LogP contribution in [0.15, 0.2) is 0 Å². The molecule has 0 atom stereocenters. The van der Waals surface area contributed by atoms with Crippen molar-refractivity contribution in [2.24, 2.45) is 16.7 Å². The molecule has 0 unspecified atom stereocenters. The van der Waals surface area contributed by atoms with Gasteiger partial charge in [0.1, 0.15) is 0 Å². The molecule has 0 aromatic carbocycles. The second-order valence-electron chi connectivity index (χ2n) is 6.00. The Balaban J connectivity index is 0. The number of hydrogen-bond acceptors (Lipinski definition) is 2. The molecule has 0 spiro atoms. The van der Waals surface area contributed by atoms with Crippen LogP contribution in [0.1, 0.15) is 54.3 Å². The second kappa shape index (κ2) is 6.12. The Morgan fingerprint density at radius 3 is 1.67 bits per heavy atom. The average Bonchev–Trinajstić information content (AvgIpc) is 2.16. The van der Waals surface area contributed by atoms with Crippen molar-refractivity contribution in [3.63, 3.8) is 0 Å². The minimum Gasteiger partial charge on any atom is -1.00 e. The first-order valence-corrected chi connectivity index (χ1v) is 6.21. The average molecular weight is 250 g/mol. The van der Waals surface area contributed by atoms with E-state index in [0.717, 1.165) is 19.3 Å². The fourth-order valence-electron chi connectivity index (χ4n) is 3.23. The van der Waals surface area contributed by atoms with Gasteiger partial charge in [-0.25, -0.2) is 0 Å². The molecule has 0 radical (unpaired) electrons. The van der Waals surface area contributed by atoms with Crippen LogP contribution in [0.25, 0.3) is 0 Å². The smallest absolute Gasteiger partial charge is 1.00 e. The van der Waals surface area contributed by atoms with Gasteiger partial charge in [0, 0.05) is 0 Å². The van der Waals surface area contributed by atoms with Crippen LogP contribution in [0.3, 0.4) is 0 Å². The first kappa shape index (κ1) is 17.5. The van der Waals surface area contributed by atoms with Crippen LogP contribution in [0, 0.1) is 16.7 Å². The second-order valence-corrected chi connectivity index (χ2v) is 6.00. The monoisotopic (exact) mass is 250 g/mol. The van der Waals surface area contributed by atoms with E-state index in [-0.39, 0.29) is 26.2 Å². The Morgan fingerprint density at radius 2 is 1.39 bits per heavy atom. The van der Waals surface area contributed by atoms with E-state index < -0.39 is 22.8 Å². The molecule has 1 saturated carbocycles. The van der Waals surface area contributed by atoms with E-state index in [0.29, 0.717) is 12.8 Å². The molecular weight excluding hydrogens is 227 g/mol. The molecule has 0 amide bonds. The molecule has 1 aliphatic carbocycles. The van der Waals surface area contributed by atoms with E-state index in [1.807, 2.05) is 0 Å². The molecule has 100 valence electrons. The Bertz CT molecular complexity index is 305. The van der Waals surface area contributed by atoms with Crippen LogP contribution >= 0.6 is 0 Å². The van der Waals surface area contributed by atoms with Crippen molar-refractivity contribution in [2.75, 3.05) is 0 Å². The summed E-state index contributed by atoms with van der Waals surface area (Å²) >= 11 is 0. The molecule has 1 aliphatic rings. The van der Waals surface area contributed by atoms with E-state index in [2.05, 4.69) is 0 Å². The molecule has 0 aromatic rings. The van der Waals surface area contributed by atoms with Gasteiger partial charge in [-0.15, -0.1) is 0 Å². The Kier molecular flexibility index (Phi) is 5.96. The summed E-state index contributed by atoms with van der Waals surface area (Å²) in [6.07, 6.45) is 4.35. The summed E-state index contributed by atoms with van der Waals surface area (Å²) in [6.45, 7) is 5.14. The predicted octanol–water partition coefficient (Wildman–Crippen LogP) is -0.115. The molecular formula is C13H23LiO4. The predicted molar refractivity (Wildman–Crippen MR) is 64.8 cm³/mol. The van der Waals surface area contributed by atoms with Gasteiger partial charge in [-0.3, -0.25) is 9.59 Å². The zero-order valence-corrected chi connectivity index (χ0v) is 11.8. The van der Waals surface area contributed by atoms with E-state index in [4.69, 9.17) is 0 Å². The number of aliphatic carboxylic acids is 2. The number of carbonyl (C=O) groups is 2. The van der Waals surface area contributed by atoms with E-state index in [9.17, 15) is 19.8 Å². The maximum Gasteiger partial charge on any atom is 1.00 e. The molecule has 1 fully saturated rings. The van der Waals surface area contributed by atoms with Crippen LogP contribution in [0.4, 0.5) is 0 Å². The van der Waals surface area contributed by atoms with Gasteiger partial charge in [0.15, 0.2) is 5.41 Å². The summed E-state index contributed by atoms with van der Waals surface area (Å²) in [5.74, 6) is -2.64. The molecule has 0 aliphatic heterocycles. The Labute approximate surface area is 122 Å². The summed E-state index contributed by atoms with van der Waals surface area (Å²) in [6, 6.07) is 0. The summed E-state index contributed by atoms with van der Waals surface area (Å²) in [4.78, 5) is 23.3. The van der Waals surface area contributed by atoms with Gasteiger partial charge < -0.3 is 11.6 Å². The summed E-state index contributed by atoms with van der Waals surface area (Å²) in [5, 5.41) is 19.0.